The van der Waals surface area contributed by atoms with Crippen molar-refractivity contribution in [1.82, 2.24) is 9.44 Å². The Balaban J connectivity index is 1.77. The Labute approximate surface area is 164 Å². The maximum Gasteiger partial charge on any atom is 0.302 e. The second-order valence-corrected chi connectivity index (χ2v) is 8.54. The zero-order valence-electron chi connectivity index (χ0n) is 14.0. The molecule has 0 aliphatic carbocycles. The number of hydrogen-bond donors (Lipinski definition) is 2. The van der Waals surface area contributed by atoms with Crippen LogP contribution in [-0.4, -0.2) is 14.3 Å². The van der Waals surface area contributed by atoms with Crippen molar-refractivity contribution in [1.29, 1.82) is 0 Å². The van der Waals surface area contributed by atoms with Crippen LogP contribution in [0.1, 0.15) is 17.2 Å². The Morgan fingerprint density at radius 3 is 2.48 bits per heavy atom. The summed E-state index contributed by atoms with van der Waals surface area (Å²) in [5.74, 6) is -0.174. The van der Waals surface area contributed by atoms with Gasteiger partial charge in [-0.3, -0.25) is 4.79 Å². The largest absolute Gasteiger partial charge is 0.489 e. The summed E-state index contributed by atoms with van der Waals surface area (Å²) in [7, 11) is -3.85. The minimum Gasteiger partial charge on any atom is -0.489 e. The quantitative estimate of drug-likeness (QED) is 0.644. The Bertz CT molecular complexity index is 1130. The molecule has 1 aliphatic heterocycles. The van der Waals surface area contributed by atoms with E-state index < -0.39 is 22.2 Å². The third-order valence-corrected chi connectivity index (χ3v) is 5.76. The van der Waals surface area contributed by atoms with Gasteiger partial charge in [-0.1, -0.05) is 52.3 Å². The van der Waals surface area contributed by atoms with E-state index in [9.17, 15) is 13.2 Å². The number of fused-ring (bicyclic) bond motifs is 1. The first-order valence-electron chi connectivity index (χ1n) is 8.15. The van der Waals surface area contributed by atoms with E-state index in [0.29, 0.717) is 17.9 Å². The minimum absolute atomic E-state index is 0.303. The normalized spacial score (nSPS) is 18.4. The third-order valence-electron chi connectivity index (χ3n) is 4.25. The molecule has 138 valence electrons. The van der Waals surface area contributed by atoms with Crippen LogP contribution in [0, 0.1) is 0 Å². The SMILES string of the molecule is O=C1NS(=O)(=O)NC1c1cc2cc(Br)ccc2cc1OCc1ccccc1. The predicted octanol–water partition coefficient (Wildman–Crippen LogP) is 3.19. The highest BCUT2D eigenvalue weighted by Gasteiger charge is 2.37. The number of carbonyl (C=O) groups excluding carboxylic acids is 1. The van der Waals surface area contributed by atoms with Crippen molar-refractivity contribution in [3.8, 4) is 5.75 Å². The average Bonchev–Trinajstić information content (AvgIpc) is 2.92. The van der Waals surface area contributed by atoms with Gasteiger partial charge in [0.1, 0.15) is 18.4 Å². The van der Waals surface area contributed by atoms with Crippen LogP contribution in [0.15, 0.2) is 65.1 Å². The van der Waals surface area contributed by atoms with Gasteiger partial charge in [-0.25, -0.2) is 4.72 Å². The van der Waals surface area contributed by atoms with Crippen LogP contribution < -0.4 is 14.2 Å². The van der Waals surface area contributed by atoms with Crippen LogP contribution in [-0.2, 0) is 21.6 Å². The van der Waals surface area contributed by atoms with Gasteiger partial charge in [-0.15, -0.1) is 0 Å². The van der Waals surface area contributed by atoms with Crippen molar-refractivity contribution in [2.24, 2.45) is 0 Å². The van der Waals surface area contributed by atoms with Crippen molar-refractivity contribution < 1.29 is 17.9 Å². The van der Waals surface area contributed by atoms with Crippen molar-refractivity contribution in [3.05, 3.63) is 76.3 Å². The van der Waals surface area contributed by atoms with Crippen molar-refractivity contribution in [2.75, 3.05) is 0 Å². The number of benzene rings is 3. The Morgan fingerprint density at radius 1 is 1.00 bits per heavy atom. The lowest BCUT2D eigenvalue weighted by Crippen LogP contribution is -2.24. The monoisotopic (exact) mass is 446 g/mol. The molecule has 1 saturated heterocycles. The van der Waals surface area contributed by atoms with Crippen LogP contribution in [0.2, 0.25) is 0 Å². The molecule has 6 nitrogen and oxygen atoms in total. The second-order valence-electron chi connectivity index (χ2n) is 6.18. The number of hydrogen-bond acceptors (Lipinski definition) is 4. The van der Waals surface area contributed by atoms with Crippen LogP contribution in [0.5, 0.6) is 5.75 Å². The molecule has 4 rings (SSSR count). The van der Waals surface area contributed by atoms with Gasteiger partial charge in [0.2, 0.25) is 0 Å². The number of nitrogens with one attached hydrogen (secondary N) is 2. The molecule has 0 bridgehead atoms. The van der Waals surface area contributed by atoms with Crippen LogP contribution in [0.25, 0.3) is 10.8 Å². The number of halogens is 1. The molecule has 1 aliphatic rings. The van der Waals surface area contributed by atoms with Crippen LogP contribution in [0.3, 0.4) is 0 Å². The maximum absolute atomic E-state index is 12.2. The van der Waals surface area contributed by atoms with Gasteiger partial charge in [-0.05, 0) is 40.6 Å². The first-order valence-corrected chi connectivity index (χ1v) is 10.4. The molecule has 1 heterocycles. The first-order chi connectivity index (χ1) is 12.9. The molecule has 1 atom stereocenters. The van der Waals surface area contributed by atoms with Crippen molar-refractivity contribution in [3.63, 3.8) is 0 Å². The zero-order chi connectivity index (χ0) is 19.0. The summed E-state index contributed by atoms with van der Waals surface area (Å²) in [5.41, 5.74) is 1.44. The standard InChI is InChI=1S/C19H15BrN2O4S/c20-15-7-6-13-10-17(26-11-12-4-2-1-3-5-12)16(9-14(13)8-15)18-19(23)22-27(24,25)21-18/h1-10,18,21H,11H2,(H,22,23). The first kappa shape index (κ1) is 18.0. The number of ether oxygens (including phenoxy) is 1. The fourth-order valence-corrected chi connectivity index (χ4v) is 4.35. The Hall–Kier alpha value is -2.42. The highest BCUT2D eigenvalue weighted by Crippen LogP contribution is 2.34. The molecule has 1 unspecified atom stereocenters. The van der Waals surface area contributed by atoms with Gasteiger partial charge >= 0.3 is 10.2 Å². The molecule has 0 radical (unpaired) electrons. The number of amides is 1. The minimum atomic E-state index is -3.85. The Kier molecular flexibility index (Phi) is 4.63. The topological polar surface area (TPSA) is 84.5 Å². The van der Waals surface area contributed by atoms with Gasteiger partial charge in [0, 0.05) is 10.0 Å². The molecule has 1 fully saturated rings. The Morgan fingerprint density at radius 2 is 1.78 bits per heavy atom. The molecule has 27 heavy (non-hydrogen) atoms. The van der Waals surface area contributed by atoms with E-state index in [1.165, 1.54) is 0 Å². The molecule has 2 N–H and O–H groups in total. The summed E-state index contributed by atoms with van der Waals surface area (Å²) in [6, 6.07) is 17.9. The molecule has 8 heteroatoms. The molecular weight excluding hydrogens is 432 g/mol. The summed E-state index contributed by atoms with van der Waals surface area (Å²) in [5, 5.41) is 1.79. The second kappa shape index (κ2) is 6.95. The van der Waals surface area contributed by atoms with E-state index in [1.54, 1.807) is 6.07 Å². The smallest absolute Gasteiger partial charge is 0.302 e. The third kappa shape index (κ3) is 3.83. The molecule has 0 spiro atoms. The molecule has 0 saturated carbocycles. The van der Waals surface area contributed by atoms with E-state index in [2.05, 4.69) is 20.7 Å². The molecule has 3 aromatic carbocycles. The lowest BCUT2D eigenvalue weighted by Gasteiger charge is -2.16. The molecular formula is C19H15BrN2O4S. The zero-order valence-corrected chi connectivity index (χ0v) is 16.4. The molecule has 0 aromatic heterocycles. The highest BCUT2D eigenvalue weighted by atomic mass is 79.9. The van der Waals surface area contributed by atoms with E-state index in [4.69, 9.17) is 4.74 Å². The summed E-state index contributed by atoms with van der Waals surface area (Å²) in [6.45, 7) is 0.303. The maximum atomic E-state index is 12.2. The number of carbonyl (C=O) groups is 1. The molecule has 1 amide bonds. The van der Waals surface area contributed by atoms with Crippen molar-refractivity contribution >= 4 is 42.8 Å². The summed E-state index contributed by atoms with van der Waals surface area (Å²) in [4.78, 5) is 12.2. The number of rotatable bonds is 4. The van der Waals surface area contributed by atoms with Crippen LogP contribution in [0.4, 0.5) is 0 Å². The van der Waals surface area contributed by atoms with Gasteiger partial charge in [-0.2, -0.15) is 13.1 Å². The van der Waals surface area contributed by atoms with Gasteiger partial charge < -0.3 is 4.74 Å². The lowest BCUT2D eigenvalue weighted by atomic mass is 10.0. The average molecular weight is 447 g/mol. The van der Waals surface area contributed by atoms with E-state index in [-0.39, 0.29) is 0 Å². The van der Waals surface area contributed by atoms with Gasteiger partial charge in [0.15, 0.2) is 0 Å². The van der Waals surface area contributed by atoms with E-state index >= 15 is 0 Å². The van der Waals surface area contributed by atoms with Gasteiger partial charge in [0.25, 0.3) is 5.91 Å². The van der Waals surface area contributed by atoms with Crippen molar-refractivity contribution in [2.45, 2.75) is 12.6 Å². The predicted molar refractivity (Wildman–Crippen MR) is 105 cm³/mol. The summed E-state index contributed by atoms with van der Waals surface area (Å²) < 4.78 is 34.6. The lowest BCUT2D eigenvalue weighted by molar-refractivity contribution is -0.120. The van der Waals surface area contributed by atoms with Crippen LogP contribution >= 0.6 is 15.9 Å². The van der Waals surface area contributed by atoms with E-state index in [0.717, 1.165) is 20.8 Å². The van der Waals surface area contributed by atoms with Gasteiger partial charge in [0.05, 0.1) is 0 Å². The molecule has 3 aromatic rings. The summed E-state index contributed by atoms with van der Waals surface area (Å²) >= 11 is 3.43. The summed E-state index contributed by atoms with van der Waals surface area (Å²) in [6.07, 6.45) is 0. The highest BCUT2D eigenvalue weighted by molar-refractivity contribution is 9.10. The fourth-order valence-electron chi connectivity index (χ4n) is 2.99. The fraction of sp³-hybridized carbons (Fsp3) is 0.105. The van der Waals surface area contributed by atoms with E-state index in [1.807, 2.05) is 59.3 Å².